The second-order valence-electron chi connectivity index (χ2n) is 6.84. The maximum absolute atomic E-state index is 12.4. The molecule has 0 bridgehead atoms. The fraction of sp³-hybridized carbons (Fsp3) is 0.500. The Labute approximate surface area is 149 Å². The molecule has 1 aromatic carbocycles. The molecule has 1 aromatic heterocycles. The van der Waals surface area contributed by atoms with Crippen LogP contribution >= 0.6 is 0 Å². The van der Waals surface area contributed by atoms with E-state index in [0.29, 0.717) is 25.5 Å². The van der Waals surface area contributed by atoms with Crippen molar-refractivity contribution in [2.45, 2.75) is 39.7 Å². The molecule has 1 saturated heterocycles. The van der Waals surface area contributed by atoms with Gasteiger partial charge in [0.15, 0.2) is 0 Å². The first-order chi connectivity index (χ1) is 12.1. The largest absolute Gasteiger partial charge is 0.494 e. The number of carbonyl (C=O) groups is 1. The molecule has 1 unspecified atom stereocenters. The van der Waals surface area contributed by atoms with Gasteiger partial charge in [-0.15, -0.1) is 0 Å². The van der Waals surface area contributed by atoms with Gasteiger partial charge in [-0.3, -0.25) is 9.48 Å². The molecule has 0 spiro atoms. The smallest absolute Gasteiger partial charge is 0.224 e. The van der Waals surface area contributed by atoms with Gasteiger partial charge in [0.05, 0.1) is 12.3 Å². The Hall–Kier alpha value is -2.30. The highest BCUT2D eigenvalue weighted by Gasteiger charge is 2.25. The Morgan fingerprint density at radius 1 is 1.28 bits per heavy atom. The Morgan fingerprint density at radius 3 is 2.80 bits per heavy atom. The Morgan fingerprint density at radius 2 is 2.08 bits per heavy atom. The highest BCUT2D eigenvalue weighted by Crippen LogP contribution is 2.21. The molecular weight excluding hydrogens is 314 g/mol. The first-order valence-electron chi connectivity index (χ1n) is 9.08. The number of nitrogens with zero attached hydrogens (tertiary/aromatic N) is 3. The molecule has 2 aromatic rings. The summed E-state index contributed by atoms with van der Waals surface area (Å²) >= 11 is 0. The second-order valence-corrected chi connectivity index (χ2v) is 6.84. The summed E-state index contributed by atoms with van der Waals surface area (Å²) in [6.45, 7) is 7.11. The number of rotatable bonds is 7. The minimum absolute atomic E-state index is 0.235. The van der Waals surface area contributed by atoms with Crippen LogP contribution in [0.25, 0.3) is 0 Å². The lowest BCUT2D eigenvalue weighted by Gasteiger charge is -2.17. The monoisotopic (exact) mass is 341 g/mol. The van der Waals surface area contributed by atoms with Gasteiger partial charge in [-0.05, 0) is 50.8 Å². The van der Waals surface area contributed by atoms with Crippen LogP contribution < -0.4 is 4.74 Å². The molecule has 0 aliphatic carbocycles. The minimum Gasteiger partial charge on any atom is -0.494 e. The van der Waals surface area contributed by atoms with Crippen molar-refractivity contribution in [3.63, 3.8) is 0 Å². The number of ether oxygens (including phenoxy) is 1. The van der Waals surface area contributed by atoms with Gasteiger partial charge in [-0.2, -0.15) is 5.10 Å². The normalized spacial score (nSPS) is 17.0. The second kappa shape index (κ2) is 8.19. The quantitative estimate of drug-likeness (QED) is 0.777. The molecule has 0 N–H and O–H groups in total. The number of likely N-dealkylation sites (tertiary alicyclic amines) is 1. The van der Waals surface area contributed by atoms with Crippen LogP contribution in [0.4, 0.5) is 0 Å². The van der Waals surface area contributed by atoms with Crippen molar-refractivity contribution < 1.29 is 9.53 Å². The predicted octanol–water partition coefficient (Wildman–Crippen LogP) is 3.21. The van der Waals surface area contributed by atoms with Crippen molar-refractivity contribution in [1.82, 2.24) is 14.7 Å². The molecule has 5 nitrogen and oxygen atoms in total. The SMILES string of the molecule is Cc1cc(C)n(CCC(=O)N2CCC(CCOc3ccccc3)C2)n1. The summed E-state index contributed by atoms with van der Waals surface area (Å²) in [5.74, 6) is 1.69. The van der Waals surface area contributed by atoms with E-state index in [1.165, 1.54) is 0 Å². The lowest BCUT2D eigenvalue weighted by molar-refractivity contribution is -0.130. The third kappa shape index (κ3) is 4.84. The van der Waals surface area contributed by atoms with E-state index in [1.807, 2.05) is 59.8 Å². The summed E-state index contributed by atoms with van der Waals surface area (Å²) in [4.78, 5) is 14.4. The van der Waals surface area contributed by atoms with Crippen molar-refractivity contribution in [3.8, 4) is 5.75 Å². The Kier molecular flexibility index (Phi) is 5.74. The maximum atomic E-state index is 12.4. The van der Waals surface area contributed by atoms with Gasteiger partial charge in [-0.25, -0.2) is 0 Å². The van der Waals surface area contributed by atoms with Crippen molar-refractivity contribution in [2.75, 3.05) is 19.7 Å². The van der Waals surface area contributed by atoms with E-state index in [1.54, 1.807) is 0 Å². The van der Waals surface area contributed by atoms with Crippen LogP contribution in [-0.4, -0.2) is 40.3 Å². The average Bonchev–Trinajstić information content (AvgIpc) is 3.20. The minimum atomic E-state index is 0.235. The van der Waals surface area contributed by atoms with E-state index in [2.05, 4.69) is 5.10 Å². The number of hydrogen-bond acceptors (Lipinski definition) is 3. The zero-order valence-electron chi connectivity index (χ0n) is 15.1. The van der Waals surface area contributed by atoms with Gasteiger partial charge in [-0.1, -0.05) is 18.2 Å². The molecule has 1 fully saturated rings. The number of aryl methyl sites for hydroxylation is 3. The summed E-state index contributed by atoms with van der Waals surface area (Å²) in [5, 5.41) is 4.42. The fourth-order valence-electron chi connectivity index (χ4n) is 3.42. The van der Waals surface area contributed by atoms with Crippen molar-refractivity contribution in [3.05, 3.63) is 47.8 Å². The summed E-state index contributed by atoms with van der Waals surface area (Å²) < 4.78 is 7.69. The van der Waals surface area contributed by atoms with E-state index in [9.17, 15) is 4.79 Å². The molecule has 5 heteroatoms. The molecule has 3 rings (SSSR count). The number of para-hydroxylation sites is 1. The van der Waals surface area contributed by atoms with E-state index in [0.717, 1.165) is 43.1 Å². The number of hydrogen-bond donors (Lipinski definition) is 0. The molecule has 0 radical (unpaired) electrons. The molecule has 1 atom stereocenters. The standard InChI is InChI=1S/C20H27N3O2/c1-16-14-17(2)23(21-16)12-9-20(24)22-11-8-18(15-22)10-13-25-19-6-4-3-5-7-19/h3-7,14,18H,8-13,15H2,1-2H3. The molecule has 25 heavy (non-hydrogen) atoms. The molecular formula is C20H27N3O2. The topological polar surface area (TPSA) is 47.4 Å². The third-order valence-corrected chi connectivity index (χ3v) is 4.82. The van der Waals surface area contributed by atoms with Crippen molar-refractivity contribution in [2.24, 2.45) is 5.92 Å². The lowest BCUT2D eigenvalue weighted by Crippen LogP contribution is -2.29. The van der Waals surface area contributed by atoms with Crippen molar-refractivity contribution >= 4 is 5.91 Å². The molecule has 0 saturated carbocycles. The first-order valence-corrected chi connectivity index (χ1v) is 9.08. The average molecular weight is 341 g/mol. The summed E-state index contributed by atoms with van der Waals surface area (Å²) in [6.07, 6.45) is 2.59. The highest BCUT2D eigenvalue weighted by molar-refractivity contribution is 5.76. The highest BCUT2D eigenvalue weighted by atomic mass is 16.5. The van der Waals surface area contributed by atoms with E-state index < -0.39 is 0 Å². The maximum Gasteiger partial charge on any atom is 0.224 e. The van der Waals surface area contributed by atoms with Crippen LogP contribution in [0.1, 0.15) is 30.7 Å². The van der Waals surface area contributed by atoms with Crippen LogP contribution in [-0.2, 0) is 11.3 Å². The van der Waals surface area contributed by atoms with Crippen LogP contribution in [0.2, 0.25) is 0 Å². The van der Waals surface area contributed by atoms with Gasteiger partial charge < -0.3 is 9.64 Å². The van der Waals surface area contributed by atoms with Gasteiger partial charge >= 0.3 is 0 Å². The zero-order chi connectivity index (χ0) is 17.6. The third-order valence-electron chi connectivity index (χ3n) is 4.82. The Bertz CT molecular complexity index is 696. The summed E-state index contributed by atoms with van der Waals surface area (Å²) in [7, 11) is 0. The molecule has 2 heterocycles. The lowest BCUT2D eigenvalue weighted by atomic mass is 10.1. The number of carbonyl (C=O) groups excluding carboxylic acids is 1. The van der Waals surface area contributed by atoms with Crippen molar-refractivity contribution in [1.29, 1.82) is 0 Å². The van der Waals surface area contributed by atoms with E-state index in [4.69, 9.17) is 4.74 Å². The number of amides is 1. The summed E-state index contributed by atoms with van der Waals surface area (Å²) in [5.41, 5.74) is 2.12. The van der Waals surface area contributed by atoms with Gasteiger partial charge in [0.25, 0.3) is 0 Å². The molecule has 1 aliphatic rings. The molecule has 134 valence electrons. The molecule has 1 amide bonds. The van der Waals surface area contributed by atoms with Gasteiger partial charge in [0.2, 0.25) is 5.91 Å². The van der Waals surface area contributed by atoms with Crippen LogP contribution in [0, 0.1) is 19.8 Å². The first kappa shape index (κ1) is 17.5. The number of aromatic nitrogens is 2. The van der Waals surface area contributed by atoms with Crippen LogP contribution in [0.5, 0.6) is 5.75 Å². The van der Waals surface area contributed by atoms with Gasteiger partial charge in [0, 0.05) is 31.7 Å². The molecule has 1 aliphatic heterocycles. The Balaban J connectivity index is 1.38. The predicted molar refractivity (Wildman–Crippen MR) is 97.6 cm³/mol. The van der Waals surface area contributed by atoms with Crippen LogP contribution in [0.15, 0.2) is 36.4 Å². The van der Waals surface area contributed by atoms with E-state index in [-0.39, 0.29) is 5.91 Å². The summed E-state index contributed by atoms with van der Waals surface area (Å²) in [6, 6.07) is 11.9. The van der Waals surface area contributed by atoms with Gasteiger partial charge in [0.1, 0.15) is 5.75 Å². The zero-order valence-corrected chi connectivity index (χ0v) is 15.1. The van der Waals surface area contributed by atoms with E-state index >= 15 is 0 Å². The number of benzene rings is 1. The van der Waals surface area contributed by atoms with Crippen LogP contribution in [0.3, 0.4) is 0 Å². The fourth-order valence-corrected chi connectivity index (χ4v) is 3.42.